The first-order valence-electron chi connectivity index (χ1n) is 9.84. The highest BCUT2D eigenvalue weighted by Gasteiger charge is 2.60. The van der Waals surface area contributed by atoms with E-state index in [4.69, 9.17) is 21.4 Å². The van der Waals surface area contributed by atoms with Crippen LogP contribution in [0.4, 0.5) is 5.69 Å². The minimum atomic E-state index is -1.83. The summed E-state index contributed by atoms with van der Waals surface area (Å²) in [6.07, 6.45) is -6.95. The van der Waals surface area contributed by atoms with Crippen LogP contribution < -0.4 is 5.01 Å². The molecule has 1 saturated heterocycles. The predicted octanol–water partition coefficient (Wildman–Crippen LogP) is -2.81. The first-order chi connectivity index (χ1) is 15.1. The number of aromatic nitrogens is 5. The summed E-state index contributed by atoms with van der Waals surface area (Å²) < 4.78 is 6.10. The fourth-order valence-electron chi connectivity index (χ4n) is 4.69. The predicted molar refractivity (Wildman–Crippen MR) is 106 cm³/mol. The van der Waals surface area contributed by atoms with Gasteiger partial charge in [-0.1, -0.05) is 11.6 Å². The van der Waals surface area contributed by atoms with Crippen molar-refractivity contribution in [2.75, 3.05) is 18.7 Å². The number of ether oxygens (including phenoxy) is 1. The fourth-order valence-corrected chi connectivity index (χ4v) is 4.95. The van der Waals surface area contributed by atoms with Gasteiger partial charge in [0, 0.05) is 6.42 Å². The number of carbonyl (C=O) groups excluding carboxylic acids is 1. The van der Waals surface area contributed by atoms with E-state index in [1.807, 2.05) is 0 Å². The molecule has 1 fully saturated rings. The maximum absolute atomic E-state index is 12.7. The van der Waals surface area contributed by atoms with E-state index in [0.717, 1.165) is 4.63 Å². The lowest BCUT2D eigenvalue weighted by atomic mass is 9.89. The Morgan fingerprint density at radius 2 is 1.97 bits per heavy atom. The lowest BCUT2D eigenvalue weighted by Gasteiger charge is -2.40. The van der Waals surface area contributed by atoms with Gasteiger partial charge in [-0.2, -0.15) is 0 Å². The zero-order valence-corrected chi connectivity index (χ0v) is 18.2. The third-order valence-corrected chi connectivity index (χ3v) is 6.42. The van der Waals surface area contributed by atoms with Crippen molar-refractivity contribution in [3.05, 3.63) is 10.7 Å². The Balaban J connectivity index is 1.84. The number of aliphatic hydroxyl groups excluding tert-OH is 5. The van der Waals surface area contributed by atoms with Crippen LogP contribution in [0.2, 0.25) is 5.15 Å². The van der Waals surface area contributed by atoms with Crippen molar-refractivity contribution < 1.29 is 35.1 Å². The smallest absolute Gasteiger partial charge is 0.330 e. The molecular formula is C17H24ClN7O7. The van der Waals surface area contributed by atoms with Crippen molar-refractivity contribution >= 4 is 28.9 Å². The van der Waals surface area contributed by atoms with Gasteiger partial charge in [0.2, 0.25) is 5.65 Å². The summed E-state index contributed by atoms with van der Waals surface area (Å²) in [4.78, 5) is 12.7. The molecule has 4 rings (SSSR count). The third-order valence-electron chi connectivity index (χ3n) is 6.16. The molecule has 2 aliphatic rings. The molecule has 176 valence electrons. The number of halogens is 1. The number of nitrogens with zero attached hydrogens (tertiary/aromatic N) is 7. The van der Waals surface area contributed by atoms with Crippen LogP contribution in [-0.4, -0.2) is 112 Å². The van der Waals surface area contributed by atoms with Crippen LogP contribution in [0.25, 0.3) is 5.65 Å². The minimum Gasteiger partial charge on any atom is -0.467 e. The van der Waals surface area contributed by atoms with Gasteiger partial charge in [0.15, 0.2) is 5.15 Å². The molecular weight excluding hydrogens is 450 g/mol. The number of hydrogen-bond donors (Lipinski definition) is 5. The van der Waals surface area contributed by atoms with Gasteiger partial charge in [-0.05, 0) is 24.3 Å². The Kier molecular flexibility index (Phi) is 5.73. The largest absolute Gasteiger partial charge is 0.467 e. The van der Waals surface area contributed by atoms with Gasteiger partial charge in [0.1, 0.15) is 30.0 Å². The molecule has 5 N–H and O–H groups in total. The number of aliphatic hydroxyl groups is 5. The highest BCUT2D eigenvalue weighted by atomic mass is 35.5. The van der Waals surface area contributed by atoms with Crippen molar-refractivity contribution in [1.29, 1.82) is 0 Å². The van der Waals surface area contributed by atoms with E-state index in [1.54, 1.807) is 23.9 Å². The van der Waals surface area contributed by atoms with Gasteiger partial charge in [-0.15, -0.1) is 14.8 Å². The molecule has 2 aromatic heterocycles. The number of carbonyl (C=O) groups is 1. The number of hydrazine groups is 1. The zero-order chi connectivity index (χ0) is 23.5. The van der Waals surface area contributed by atoms with Gasteiger partial charge in [0.05, 0.1) is 37.0 Å². The van der Waals surface area contributed by atoms with E-state index in [1.165, 1.54) is 7.11 Å². The zero-order valence-electron chi connectivity index (χ0n) is 17.4. The Labute approximate surface area is 186 Å². The number of methoxy groups -OCH3 is 1. The molecule has 2 aromatic rings. The Morgan fingerprint density at radius 1 is 1.28 bits per heavy atom. The molecule has 15 heteroatoms. The van der Waals surface area contributed by atoms with E-state index < -0.39 is 54.6 Å². The molecule has 0 bridgehead atoms. The van der Waals surface area contributed by atoms with Gasteiger partial charge in [-0.3, -0.25) is 5.01 Å². The van der Waals surface area contributed by atoms with E-state index >= 15 is 0 Å². The topological polar surface area (TPSA) is 190 Å². The number of rotatable bonds is 6. The highest BCUT2D eigenvalue weighted by Crippen LogP contribution is 2.54. The molecule has 32 heavy (non-hydrogen) atoms. The van der Waals surface area contributed by atoms with Crippen LogP contribution in [0.5, 0.6) is 0 Å². The second kappa shape index (κ2) is 7.98. The number of tetrazole rings is 1. The van der Waals surface area contributed by atoms with Crippen molar-refractivity contribution in [3.8, 4) is 0 Å². The maximum Gasteiger partial charge on any atom is 0.330 e. The normalized spacial score (nSPS) is 26.0. The summed E-state index contributed by atoms with van der Waals surface area (Å²) in [5.41, 5.74) is 0.234. The number of hydrogen-bond acceptors (Lipinski definition) is 13. The first kappa shape index (κ1) is 23.0. The lowest BCUT2D eigenvalue weighted by molar-refractivity contribution is -0.142. The molecule has 0 saturated carbocycles. The number of anilines is 1. The van der Waals surface area contributed by atoms with Crippen molar-refractivity contribution in [2.24, 2.45) is 0 Å². The van der Waals surface area contributed by atoms with Crippen LogP contribution in [0.3, 0.4) is 0 Å². The second-order valence-electron chi connectivity index (χ2n) is 8.32. The quantitative estimate of drug-likeness (QED) is 0.270. The standard InChI is InChI=1S/C17H24ClN7O7/c1-17(2)9-10(14(18)20-25-15(9)19-21-22-25)23-7(16(31)32-3)4-6(24(17)23)11(28)13(30)12(29)8(27)5-26/h6-8,11-13,26-30H,4-5H2,1-3H3/t6-,7-,8+,11-,12+,13+/m0/s1. The first-order valence-corrected chi connectivity index (χ1v) is 10.2. The fraction of sp³-hybridized carbons (Fsp3) is 0.706. The Bertz CT molecular complexity index is 1040. The van der Waals surface area contributed by atoms with Crippen LogP contribution >= 0.6 is 11.6 Å². The summed E-state index contributed by atoms with van der Waals surface area (Å²) in [7, 11) is 1.22. The summed E-state index contributed by atoms with van der Waals surface area (Å²) in [5.74, 6) is -0.616. The van der Waals surface area contributed by atoms with E-state index in [-0.39, 0.29) is 17.2 Å². The summed E-state index contributed by atoms with van der Waals surface area (Å²) >= 11 is 6.45. The minimum absolute atomic E-state index is 0.00214. The highest BCUT2D eigenvalue weighted by molar-refractivity contribution is 6.32. The molecule has 0 amide bonds. The second-order valence-corrected chi connectivity index (χ2v) is 8.68. The van der Waals surface area contributed by atoms with Crippen molar-refractivity contribution in [1.82, 2.24) is 30.3 Å². The molecule has 14 nitrogen and oxygen atoms in total. The van der Waals surface area contributed by atoms with Crippen LogP contribution in [0, 0.1) is 0 Å². The van der Waals surface area contributed by atoms with Gasteiger partial charge >= 0.3 is 5.97 Å². The molecule has 0 spiro atoms. The van der Waals surface area contributed by atoms with Crippen molar-refractivity contribution in [2.45, 2.75) is 62.3 Å². The molecule has 0 unspecified atom stereocenters. The van der Waals surface area contributed by atoms with E-state index in [0.29, 0.717) is 11.3 Å². The summed E-state index contributed by atoms with van der Waals surface area (Å²) in [6.45, 7) is 2.77. The van der Waals surface area contributed by atoms with Crippen molar-refractivity contribution in [3.63, 3.8) is 0 Å². The number of fused-ring (bicyclic) bond motifs is 5. The van der Waals surface area contributed by atoms with Crippen LogP contribution in [0.15, 0.2) is 0 Å². The monoisotopic (exact) mass is 473 g/mol. The lowest BCUT2D eigenvalue weighted by Crippen LogP contribution is -2.57. The molecule has 0 radical (unpaired) electrons. The number of esters is 1. The van der Waals surface area contributed by atoms with E-state index in [2.05, 4.69) is 20.6 Å². The maximum atomic E-state index is 12.7. The molecule has 0 aliphatic carbocycles. The van der Waals surface area contributed by atoms with Crippen LogP contribution in [0.1, 0.15) is 25.8 Å². The van der Waals surface area contributed by atoms with Gasteiger partial charge < -0.3 is 30.3 Å². The molecule has 6 atom stereocenters. The Hall–Kier alpha value is -2.20. The SMILES string of the molecule is COC(=O)[C@@H]1C[C@@H]([C@H](O)[C@@H](O)[C@H](O)[C@H](O)CO)N2N1c1c(Cl)nn3nnnc3c1C2(C)C. The van der Waals surface area contributed by atoms with Gasteiger partial charge in [0.25, 0.3) is 0 Å². The third kappa shape index (κ3) is 3.14. The molecule has 2 aliphatic heterocycles. The molecule has 0 aromatic carbocycles. The van der Waals surface area contributed by atoms with Gasteiger partial charge in [-0.25, -0.2) is 9.80 Å². The molecule has 4 heterocycles. The summed E-state index contributed by atoms with van der Waals surface area (Å²) in [6, 6.07) is -1.87. The summed E-state index contributed by atoms with van der Waals surface area (Å²) in [5, 5.41) is 69.2. The van der Waals surface area contributed by atoms with Crippen LogP contribution in [-0.2, 0) is 15.1 Å². The Morgan fingerprint density at radius 3 is 2.59 bits per heavy atom. The van der Waals surface area contributed by atoms with E-state index in [9.17, 15) is 25.2 Å². The average molecular weight is 474 g/mol. The average Bonchev–Trinajstić information content (AvgIpc) is 3.44.